The molecule has 1 aromatic carbocycles. The third-order valence-electron chi connectivity index (χ3n) is 3.05. The van der Waals surface area contributed by atoms with E-state index in [1.807, 2.05) is 30.3 Å². The van der Waals surface area contributed by atoms with Gasteiger partial charge in [0.25, 0.3) is 0 Å². The molecule has 0 atom stereocenters. The van der Waals surface area contributed by atoms with Crippen LogP contribution in [0.4, 0.5) is 10.8 Å². The molecule has 106 valence electrons. The number of benzene rings is 1. The lowest BCUT2D eigenvalue weighted by Crippen LogP contribution is -1.99. The highest BCUT2D eigenvalue weighted by molar-refractivity contribution is 7.17. The lowest BCUT2D eigenvalue weighted by molar-refractivity contribution is 0.0605. The average Bonchev–Trinajstić information content (AvgIpc) is 2.87. The number of aromatic nitrogens is 2. The Hall–Kier alpha value is -2.47. The minimum atomic E-state index is -0.363. The fraction of sp³-hybridized carbons (Fsp3) is 0.133. The SMILES string of the molecule is COC(=O)c1sc(Nc2cccc3ncccc23)nc1C. The van der Waals surface area contributed by atoms with Gasteiger partial charge < -0.3 is 10.1 Å². The van der Waals surface area contributed by atoms with Crippen LogP contribution in [-0.2, 0) is 4.74 Å². The Bertz CT molecular complexity index is 808. The van der Waals surface area contributed by atoms with Crippen molar-refractivity contribution < 1.29 is 9.53 Å². The van der Waals surface area contributed by atoms with Gasteiger partial charge in [-0.3, -0.25) is 4.98 Å². The molecule has 0 saturated carbocycles. The van der Waals surface area contributed by atoms with E-state index in [0.717, 1.165) is 16.6 Å². The molecule has 21 heavy (non-hydrogen) atoms. The number of thiazole rings is 1. The van der Waals surface area contributed by atoms with E-state index in [0.29, 0.717) is 15.7 Å². The second-order valence-electron chi connectivity index (χ2n) is 4.43. The summed E-state index contributed by atoms with van der Waals surface area (Å²) in [5.41, 5.74) is 2.47. The number of carbonyl (C=O) groups is 1. The summed E-state index contributed by atoms with van der Waals surface area (Å²) in [7, 11) is 1.37. The predicted octanol–water partition coefficient (Wildman–Crippen LogP) is 3.53. The van der Waals surface area contributed by atoms with Crippen molar-refractivity contribution in [3.05, 3.63) is 47.1 Å². The Morgan fingerprint density at radius 3 is 2.95 bits per heavy atom. The fourth-order valence-corrected chi connectivity index (χ4v) is 2.96. The normalized spacial score (nSPS) is 10.6. The third-order valence-corrected chi connectivity index (χ3v) is 4.11. The number of nitrogens with one attached hydrogen (secondary N) is 1. The quantitative estimate of drug-likeness (QED) is 0.749. The Balaban J connectivity index is 1.98. The van der Waals surface area contributed by atoms with Crippen LogP contribution in [0.2, 0.25) is 0 Å². The van der Waals surface area contributed by atoms with Gasteiger partial charge in [0.1, 0.15) is 4.88 Å². The molecule has 3 rings (SSSR count). The largest absolute Gasteiger partial charge is 0.465 e. The Morgan fingerprint density at radius 1 is 1.29 bits per heavy atom. The van der Waals surface area contributed by atoms with E-state index < -0.39 is 0 Å². The molecule has 0 radical (unpaired) electrons. The number of esters is 1. The van der Waals surface area contributed by atoms with Gasteiger partial charge in [-0.15, -0.1) is 0 Å². The van der Waals surface area contributed by atoms with Crippen LogP contribution in [0.15, 0.2) is 36.5 Å². The van der Waals surface area contributed by atoms with Crippen molar-refractivity contribution in [2.75, 3.05) is 12.4 Å². The average molecular weight is 299 g/mol. The molecule has 0 unspecified atom stereocenters. The Kier molecular flexibility index (Phi) is 3.53. The van der Waals surface area contributed by atoms with Crippen LogP contribution >= 0.6 is 11.3 Å². The van der Waals surface area contributed by atoms with Gasteiger partial charge in [-0.2, -0.15) is 0 Å². The van der Waals surface area contributed by atoms with Crippen molar-refractivity contribution in [3.8, 4) is 0 Å². The third kappa shape index (κ3) is 2.57. The second-order valence-corrected chi connectivity index (χ2v) is 5.42. The lowest BCUT2D eigenvalue weighted by atomic mass is 10.2. The zero-order valence-corrected chi connectivity index (χ0v) is 12.4. The van der Waals surface area contributed by atoms with Crippen molar-refractivity contribution in [3.63, 3.8) is 0 Å². The first-order valence-electron chi connectivity index (χ1n) is 6.35. The summed E-state index contributed by atoms with van der Waals surface area (Å²) in [6.45, 7) is 1.79. The van der Waals surface area contributed by atoms with Gasteiger partial charge in [0.15, 0.2) is 5.13 Å². The molecule has 0 bridgehead atoms. The molecule has 2 aromatic heterocycles. The van der Waals surface area contributed by atoms with Crippen LogP contribution in [-0.4, -0.2) is 23.0 Å². The minimum Gasteiger partial charge on any atom is -0.465 e. The molecule has 2 heterocycles. The molecule has 0 aliphatic carbocycles. The maximum Gasteiger partial charge on any atom is 0.350 e. The lowest BCUT2D eigenvalue weighted by Gasteiger charge is -2.06. The summed E-state index contributed by atoms with van der Waals surface area (Å²) in [6, 6.07) is 9.72. The van der Waals surface area contributed by atoms with E-state index in [9.17, 15) is 4.79 Å². The van der Waals surface area contributed by atoms with Crippen molar-refractivity contribution in [1.82, 2.24) is 9.97 Å². The number of ether oxygens (including phenoxy) is 1. The van der Waals surface area contributed by atoms with Gasteiger partial charge >= 0.3 is 5.97 Å². The summed E-state index contributed by atoms with van der Waals surface area (Å²) in [5, 5.41) is 4.91. The van der Waals surface area contributed by atoms with Crippen molar-refractivity contribution in [2.45, 2.75) is 6.92 Å². The summed E-state index contributed by atoms with van der Waals surface area (Å²) < 4.78 is 4.74. The first-order valence-corrected chi connectivity index (χ1v) is 7.17. The molecule has 0 saturated heterocycles. The summed E-state index contributed by atoms with van der Waals surface area (Å²) in [4.78, 5) is 20.8. The predicted molar refractivity (Wildman–Crippen MR) is 83.2 cm³/mol. The van der Waals surface area contributed by atoms with Crippen LogP contribution < -0.4 is 5.32 Å². The Morgan fingerprint density at radius 2 is 2.14 bits per heavy atom. The zero-order chi connectivity index (χ0) is 14.8. The van der Waals surface area contributed by atoms with E-state index in [2.05, 4.69) is 15.3 Å². The molecule has 5 nitrogen and oxygen atoms in total. The van der Waals surface area contributed by atoms with Crippen molar-refractivity contribution in [2.24, 2.45) is 0 Å². The number of pyridine rings is 1. The first-order chi connectivity index (χ1) is 10.2. The number of aryl methyl sites for hydroxylation is 1. The van der Waals surface area contributed by atoms with Gasteiger partial charge in [-0.05, 0) is 31.2 Å². The number of nitrogens with zero attached hydrogens (tertiary/aromatic N) is 2. The van der Waals surface area contributed by atoms with Crippen LogP contribution in [0.25, 0.3) is 10.9 Å². The molecule has 0 aliphatic heterocycles. The molecule has 0 spiro atoms. The first kappa shape index (κ1) is 13.5. The molecular weight excluding hydrogens is 286 g/mol. The zero-order valence-electron chi connectivity index (χ0n) is 11.6. The molecule has 0 amide bonds. The van der Waals surface area contributed by atoms with E-state index in [1.54, 1.807) is 13.1 Å². The van der Waals surface area contributed by atoms with Crippen LogP contribution in [0.1, 0.15) is 15.4 Å². The number of methoxy groups -OCH3 is 1. The number of hydrogen-bond acceptors (Lipinski definition) is 6. The van der Waals surface area contributed by atoms with Gasteiger partial charge in [0.2, 0.25) is 0 Å². The van der Waals surface area contributed by atoms with E-state index in [1.165, 1.54) is 18.4 Å². The minimum absolute atomic E-state index is 0.363. The van der Waals surface area contributed by atoms with Gasteiger partial charge in [-0.1, -0.05) is 17.4 Å². The van der Waals surface area contributed by atoms with Crippen LogP contribution in [0.5, 0.6) is 0 Å². The number of fused-ring (bicyclic) bond motifs is 1. The summed E-state index contributed by atoms with van der Waals surface area (Å²) in [5.74, 6) is -0.363. The van der Waals surface area contributed by atoms with Crippen LogP contribution in [0, 0.1) is 6.92 Å². The molecule has 1 N–H and O–H groups in total. The smallest absolute Gasteiger partial charge is 0.350 e. The Labute approximate surface area is 125 Å². The molecule has 3 aromatic rings. The molecular formula is C15H13N3O2S. The number of rotatable bonds is 3. The number of carbonyl (C=O) groups excluding carboxylic acids is 1. The summed E-state index contributed by atoms with van der Waals surface area (Å²) >= 11 is 1.28. The van der Waals surface area contributed by atoms with E-state index in [-0.39, 0.29) is 5.97 Å². The van der Waals surface area contributed by atoms with Gasteiger partial charge in [-0.25, -0.2) is 9.78 Å². The highest BCUT2D eigenvalue weighted by atomic mass is 32.1. The summed E-state index contributed by atoms with van der Waals surface area (Å²) in [6.07, 6.45) is 1.76. The second kappa shape index (κ2) is 5.49. The maximum absolute atomic E-state index is 11.6. The molecule has 0 aliphatic rings. The highest BCUT2D eigenvalue weighted by Crippen LogP contribution is 2.29. The van der Waals surface area contributed by atoms with E-state index >= 15 is 0 Å². The topological polar surface area (TPSA) is 64.1 Å². The van der Waals surface area contributed by atoms with Crippen molar-refractivity contribution >= 4 is 39.0 Å². The van der Waals surface area contributed by atoms with Gasteiger partial charge in [0, 0.05) is 17.3 Å². The van der Waals surface area contributed by atoms with E-state index in [4.69, 9.17) is 4.74 Å². The maximum atomic E-state index is 11.6. The number of anilines is 2. The standard InChI is InChI=1S/C15H13N3O2S/c1-9-13(14(19)20-2)21-15(17-9)18-12-7-3-6-11-10(12)5-4-8-16-11/h3-8H,1-2H3,(H,17,18). The monoisotopic (exact) mass is 299 g/mol. The molecule has 6 heteroatoms. The highest BCUT2D eigenvalue weighted by Gasteiger charge is 2.16. The number of hydrogen-bond donors (Lipinski definition) is 1. The van der Waals surface area contributed by atoms with Gasteiger partial charge in [0.05, 0.1) is 18.3 Å². The molecule has 0 fully saturated rings. The van der Waals surface area contributed by atoms with Crippen molar-refractivity contribution in [1.29, 1.82) is 0 Å². The fourth-order valence-electron chi connectivity index (χ4n) is 2.06. The van der Waals surface area contributed by atoms with Crippen LogP contribution in [0.3, 0.4) is 0 Å².